The van der Waals surface area contributed by atoms with Crippen LogP contribution in [0, 0.1) is 0 Å². The number of aliphatic hydroxyl groups is 8. The first-order valence-electron chi connectivity index (χ1n) is 29.7. The third kappa shape index (κ3) is 32.2. The van der Waals surface area contributed by atoms with Crippen LogP contribution < -0.4 is 5.32 Å². The summed E-state index contributed by atoms with van der Waals surface area (Å²) < 4.78 is 22.7. The fraction of sp³-hybridized carbons (Fsp3) is 0.787. The van der Waals surface area contributed by atoms with Crippen LogP contribution in [0.1, 0.15) is 213 Å². The van der Waals surface area contributed by atoms with E-state index in [-0.39, 0.29) is 12.5 Å². The van der Waals surface area contributed by atoms with Gasteiger partial charge < -0.3 is 65.1 Å². The SMILES string of the molecule is CC/C=C\C/C=C\C/C=C\C/C=C\C/C=C\C/C=C\CCCCCCCCCCCCCCCCC(=O)NC(COC1OC(CO)C(OC2OC(CO)C(O)C(O)C2O)C(O)C1O)C(O)CCCCCCCCCC. The highest BCUT2D eigenvalue weighted by molar-refractivity contribution is 5.76. The van der Waals surface area contributed by atoms with Crippen LogP contribution in [0.15, 0.2) is 72.9 Å². The molecule has 2 heterocycles. The van der Waals surface area contributed by atoms with E-state index < -0.39 is 86.8 Å². The summed E-state index contributed by atoms with van der Waals surface area (Å²) in [6.45, 7) is 2.69. The summed E-state index contributed by atoms with van der Waals surface area (Å²) in [5.74, 6) is -0.213. The Morgan fingerprint density at radius 1 is 0.493 bits per heavy atom. The number of unbranched alkanes of at least 4 members (excludes halogenated alkanes) is 21. The molecule has 0 aromatic carbocycles. The minimum absolute atomic E-state index is 0.213. The van der Waals surface area contributed by atoms with Crippen LogP contribution in [0.2, 0.25) is 0 Å². The van der Waals surface area contributed by atoms with Crippen molar-refractivity contribution >= 4 is 5.91 Å². The van der Waals surface area contributed by atoms with Gasteiger partial charge in [-0.3, -0.25) is 4.79 Å². The van der Waals surface area contributed by atoms with Gasteiger partial charge in [0, 0.05) is 6.42 Å². The second-order valence-electron chi connectivity index (χ2n) is 20.7. The molecule has 12 atom stereocenters. The van der Waals surface area contributed by atoms with Gasteiger partial charge in [0.25, 0.3) is 0 Å². The molecular formula is C61H107NO13. The van der Waals surface area contributed by atoms with E-state index in [1.807, 2.05) is 0 Å². The second kappa shape index (κ2) is 46.4. The lowest BCUT2D eigenvalue weighted by molar-refractivity contribution is -0.359. The lowest BCUT2D eigenvalue weighted by Crippen LogP contribution is -2.65. The number of hydrogen-bond acceptors (Lipinski definition) is 13. The Labute approximate surface area is 453 Å². The van der Waals surface area contributed by atoms with E-state index in [1.54, 1.807) is 0 Å². The highest BCUT2D eigenvalue weighted by Crippen LogP contribution is 2.30. The third-order valence-electron chi connectivity index (χ3n) is 14.2. The molecule has 0 bridgehead atoms. The number of carbonyl (C=O) groups excluding carboxylic acids is 1. The van der Waals surface area contributed by atoms with Crippen molar-refractivity contribution in [3.05, 3.63) is 72.9 Å². The molecule has 2 saturated heterocycles. The van der Waals surface area contributed by atoms with Gasteiger partial charge in [0.1, 0.15) is 48.8 Å². The number of aliphatic hydroxyl groups excluding tert-OH is 8. The van der Waals surface area contributed by atoms with Crippen molar-refractivity contribution < 1.29 is 64.6 Å². The van der Waals surface area contributed by atoms with Gasteiger partial charge >= 0.3 is 0 Å². The molecule has 0 aromatic heterocycles. The molecule has 0 spiro atoms. The van der Waals surface area contributed by atoms with Crippen molar-refractivity contribution in [1.29, 1.82) is 0 Å². The molecule has 12 unspecified atom stereocenters. The minimum atomic E-state index is -1.78. The number of rotatable bonds is 46. The average molecular weight is 1060 g/mol. The summed E-state index contributed by atoms with van der Waals surface area (Å²) in [7, 11) is 0. The predicted octanol–water partition coefficient (Wildman–Crippen LogP) is 9.94. The quantitative estimate of drug-likeness (QED) is 0.0205. The fourth-order valence-corrected chi connectivity index (χ4v) is 9.42. The maximum Gasteiger partial charge on any atom is 0.220 e. The van der Waals surface area contributed by atoms with Gasteiger partial charge in [-0.15, -0.1) is 0 Å². The van der Waals surface area contributed by atoms with Gasteiger partial charge in [-0.2, -0.15) is 0 Å². The van der Waals surface area contributed by atoms with Crippen LogP contribution in [0.3, 0.4) is 0 Å². The molecule has 2 aliphatic rings. The van der Waals surface area contributed by atoms with Gasteiger partial charge in [-0.1, -0.05) is 215 Å². The summed E-state index contributed by atoms with van der Waals surface area (Å²) >= 11 is 0. The molecule has 75 heavy (non-hydrogen) atoms. The van der Waals surface area contributed by atoms with Crippen LogP contribution in [-0.2, 0) is 23.7 Å². The summed E-state index contributed by atoms with van der Waals surface area (Å²) in [6, 6.07) is -0.829. The third-order valence-corrected chi connectivity index (χ3v) is 14.2. The molecule has 2 rings (SSSR count). The number of ether oxygens (including phenoxy) is 4. The van der Waals surface area contributed by atoms with E-state index in [1.165, 1.54) is 96.3 Å². The Hall–Kier alpha value is -2.57. The number of amides is 1. The van der Waals surface area contributed by atoms with Crippen molar-refractivity contribution in [2.75, 3.05) is 19.8 Å². The lowest BCUT2D eigenvalue weighted by atomic mass is 9.97. The van der Waals surface area contributed by atoms with Crippen LogP contribution in [0.5, 0.6) is 0 Å². The van der Waals surface area contributed by atoms with Crippen molar-refractivity contribution in [1.82, 2.24) is 5.32 Å². The first-order chi connectivity index (χ1) is 36.6. The van der Waals surface area contributed by atoms with Crippen LogP contribution in [0.25, 0.3) is 0 Å². The van der Waals surface area contributed by atoms with Crippen LogP contribution >= 0.6 is 0 Å². The van der Waals surface area contributed by atoms with E-state index in [2.05, 4.69) is 92.1 Å². The lowest BCUT2D eigenvalue weighted by Gasteiger charge is -2.46. The Kier molecular flexibility index (Phi) is 42.4. The maximum atomic E-state index is 13.2. The van der Waals surface area contributed by atoms with Crippen molar-refractivity contribution in [2.45, 2.75) is 286 Å². The Morgan fingerprint density at radius 3 is 1.41 bits per heavy atom. The van der Waals surface area contributed by atoms with Gasteiger partial charge in [0.05, 0.1) is 32.0 Å². The van der Waals surface area contributed by atoms with Crippen LogP contribution in [-0.4, -0.2) is 140 Å². The average Bonchev–Trinajstić information content (AvgIpc) is 3.41. The van der Waals surface area contributed by atoms with Crippen molar-refractivity contribution in [3.63, 3.8) is 0 Å². The number of nitrogens with one attached hydrogen (secondary N) is 1. The standard InChI is InChI=1S/C61H107NO13/c1-3-5-7-9-11-13-14-15-16-17-18-19-20-21-22-23-24-25-26-27-28-29-30-31-32-33-34-35-36-37-39-41-43-45-53(66)62-49(50(65)44-42-40-38-12-10-8-6-4-2)48-72-60-58(71)56(69)59(52(47-64)74-60)75-61-57(70)55(68)54(67)51(46-63)73-61/h5,7,11,13,15-16,18-19,21-22,24-25,49-52,54-61,63-65,67-71H,3-4,6,8-10,12,14,17,20,23,26-48H2,1-2H3,(H,62,66)/b7-5-,13-11-,16-15-,19-18-,22-21-,25-24-. The molecular weight excluding hydrogens is 955 g/mol. The van der Waals surface area contributed by atoms with E-state index in [0.29, 0.717) is 12.8 Å². The highest BCUT2D eigenvalue weighted by Gasteiger charge is 2.51. The molecule has 2 aliphatic heterocycles. The molecule has 434 valence electrons. The zero-order chi connectivity index (χ0) is 54.6. The number of carbonyl (C=O) groups is 1. The highest BCUT2D eigenvalue weighted by atomic mass is 16.7. The topological polar surface area (TPSA) is 228 Å². The minimum Gasteiger partial charge on any atom is -0.394 e. The van der Waals surface area contributed by atoms with E-state index in [4.69, 9.17) is 18.9 Å². The second-order valence-corrected chi connectivity index (χ2v) is 20.7. The Bertz CT molecular complexity index is 1530. The summed E-state index contributed by atoms with van der Waals surface area (Å²) in [5, 5.41) is 86.9. The predicted molar refractivity (Wildman–Crippen MR) is 300 cm³/mol. The zero-order valence-electron chi connectivity index (χ0n) is 46.5. The van der Waals surface area contributed by atoms with Gasteiger partial charge in [0.15, 0.2) is 12.6 Å². The fourth-order valence-electron chi connectivity index (χ4n) is 9.42. The molecule has 0 radical (unpaired) electrons. The molecule has 1 amide bonds. The Morgan fingerprint density at radius 2 is 0.920 bits per heavy atom. The number of hydrogen-bond donors (Lipinski definition) is 9. The molecule has 9 N–H and O–H groups in total. The van der Waals surface area contributed by atoms with E-state index >= 15 is 0 Å². The monoisotopic (exact) mass is 1060 g/mol. The van der Waals surface area contributed by atoms with Crippen molar-refractivity contribution in [2.24, 2.45) is 0 Å². The number of allylic oxidation sites excluding steroid dienone is 12. The molecule has 0 saturated carbocycles. The maximum absolute atomic E-state index is 13.2. The molecule has 2 fully saturated rings. The summed E-state index contributed by atoms with van der Waals surface area (Å²) in [6.07, 6.45) is 43.7. The van der Waals surface area contributed by atoms with Gasteiger partial charge in [0.2, 0.25) is 5.91 Å². The summed E-state index contributed by atoms with van der Waals surface area (Å²) in [5.41, 5.74) is 0. The van der Waals surface area contributed by atoms with Crippen LogP contribution in [0.4, 0.5) is 0 Å². The zero-order valence-corrected chi connectivity index (χ0v) is 46.5. The first kappa shape index (κ1) is 68.5. The van der Waals surface area contributed by atoms with E-state index in [0.717, 1.165) is 89.9 Å². The van der Waals surface area contributed by atoms with Gasteiger partial charge in [-0.05, 0) is 64.2 Å². The molecule has 14 heteroatoms. The van der Waals surface area contributed by atoms with E-state index in [9.17, 15) is 45.6 Å². The molecule has 0 aromatic rings. The van der Waals surface area contributed by atoms with Crippen molar-refractivity contribution in [3.8, 4) is 0 Å². The summed E-state index contributed by atoms with van der Waals surface area (Å²) in [4.78, 5) is 13.2. The molecule has 0 aliphatic carbocycles. The normalized spacial score (nSPS) is 25.6. The Balaban J connectivity index is 1.60. The first-order valence-corrected chi connectivity index (χ1v) is 29.7. The molecule has 14 nitrogen and oxygen atoms in total. The largest absolute Gasteiger partial charge is 0.394 e. The smallest absolute Gasteiger partial charge is 0.220 e. The van der Waals surface area contributed by atoms with Gasteiger partial charge in [-0.25, -0.2) is 0 Å².